The van der Waals surface area contributed by atoms with Gasteiger partial charge in [-0.25, -0.2) is 4.98 Å². The minimum atomic E-state index is -0.295. The Kier molecular flexibility index (Phi) is 4.92. The lowest BCUT2D eigenvalue weighted by molar-refractivity contribution is -0.0238. The Labute approximate surface area is 122 Å². The van der Waals surface area contributed by atoms with Crippen LogP contribution in [0.3, 0.4) is 0 Å². The van der Waals surface area contributed by atoms with Crippen molar-refractivity contribution in [1.82, 2.24) is 19.5 Å². The minimum Gasteiger partial charge on any atom is -0.394 e. The van der Waals surface area contributed by atoms with Crippen LogP contribution < -0.4 is 10.9 Å². The van der Waals surface area contributed by atoms with Gasteiger partial charge in [-0.15, -0.1) is 0 Å². The highest BCUT2D eigenvalue weighted by molar-refractivity contribution is 5.70. The van der Waals surface area contributed by atoms with Gasteiger partial charge < -0.3 is 15.2 Å². The number of anilines is 1. The number of imidazole rings is 1. The summed E-state index contributed by atoms with van der Waals surface area (Å²) in [4.78, 5) is 23.0. The van der Waals surface area contributed by atoms with Crippen LogP contribution in [0.2, 0.25) is 0 Å². The molecule has 0 saturated heterocycles. The molecule has 2 aromatic rings. The number of aliphatic hydroxyl groups excluding tert-OH is 1. The van der Waals surface area contributed by atoms with Crippen LogP contribution in [0.1, 0.15) is 27.2 Å². The summed E-state index contributed by atoms with van der Waals surface area (Å²) < 4.78 is 7.20. The normalized spacial score (nSPS) is 13.0. The zero-order valence-electron chi connectivity index (χ0n) is 12.5. The summed E-state index contributed by atoms with van der Waals surface area (Å²) in [6.07, 6.45) is 1.98. The Bertz CT molecular complexity index is 645. The second-order valence-corrected chi connectivity index (χ2v) is 5.11. The number of fused-ring (bicyclic) bond motifs is 1. The van der Waals surface area contributed by atoms with E-state index in [4.69, 9.17) is 9.84 Å². The van der Waals surface area contributed by atoms with Crippen LogP contribution in [0.25, 0.3) is 11.2 Å². The van der Waals surface area contributed by atoms with Crippen molar-refractivity contribution >= 4 is 17.1 Å². The van der Waals surface area contributed by atoms with Crippen molar-refractivity contribution in [3.8, 4) is 0 Å². The molecule has 0 bridgehead atoms. The van der Waals surface area contributed by atoms with Crippen molar-refractivity contribution < 1.29 is 9.84 Å². The average molecular weight is 295 g/mol. The van der Waals surface area contributed by atoms with Gasteiger partial charge in [0.2, 0.25) is 5.95 Å². The predicted molar refractivity (Wildman–Crippen MR) is 79.2 cm³/mol. The molecule has 2 aromatic heterocycles. The van der Waals surface area contributed by atoms with Gasteiger partial charge in [0.05, 0.1) is 19.0 Å². The molecule has 2 heterocycles. The lowest BCUT2D eigenvalue weighted by Crippen LogP contribution is -2.20. The molecular weight excluding hydrogens is 274 g/mol. The number of hydrogen-bond acceptors (Lipinski definition) is 6. The average Bonchev–Trinajstić information content (AvgIpc) is 2.83. The standard InChI is InChI=1S/C13H21N5O3/c1-4-9(5-19)21-7-18-6-14-10-11(18)16-13(15-8(2)3)17-12(10)20/h6,8-9,19H,4-5,7H2,1-3H3,(H2,15,16,17,20). The van der Waals surface area contributed by atoms with Gasteiger partial charge in [-0.3, -0.25) is 14.3 Å². The topological polar surface area (TPSA) is 105 Å². The number of aromatic nitrogens is 4. The molecule has 2 rings (SSSR count). The fraction of sp³-hybridized carbons (Fsp3) is 0.615. The number of aliphatic hydroxyl groups is 1. The van der Waals surface area contributed by atoms with Gasteiger partial charge in [-0.1, -0.05) is 6.92 Å². The van der Waals surface area contributed by atoms with Crippen molar-refractivity contribution in [2.75, 3.05) is 11.9 Å². The van der Waals surface area contributed by atoms with Crippen LogP contribution >= 0.6 is 0 Å². The van der Waals surface area contributed by atoms with E-state index < -0.39 is 0 Å². The quantitative estimate of drug-likeness (QED) is 0.694. The second kappa shape index (κ2) is 6.68. The first-order valence-corrected chi connectivity index (χ1v) is 6.99. The molecule has 8 heteroatoms. The molecule has 0 radical (unpaired) electrons. The van der Waals surface area contributed by atoms with Crippen molar-refractivity contribution in [3.05, 3.63) is 16.7 Å². The zero-order chi connectivity index (χ0) is 15.4. The lowest BCUT2D eigenvalue weighted by Gasteiger charge is -2.14. The van der Waals surface area contributed by atoms with E-state index in [9.17, 15) is 4.79 Å². The summed E-state index contributed by atoms with van der Waals surface area (Å²) in [5.41, 5.74) is 0.427. The maximum Gasteiger partial charge on any atom is 0.280 e. The fourth-order valence-corrected chi connectivity index (χ4v) is 1.88. The van der Waals surface area contributed by atoms with Crippen LogP contribution in [-0.2, 0) is 11.5 Å². The molecule has 21 heavy (non-hydrogen) atoms. The van der Waals surface area contributed by atoms with Crippen molar-refractivity contribution in [2.24, 2.45) is 0 Å². The summed E-state index contributed by atoms with van der Waals surface area (Å²) in [7, 11) is 0. The van der Waals surface area contributed by atoms with Gasteiger partial charge in [0.1, 0.15) is 6.73 Å². The largest absolute Gasteiger partial charge is 0.394 e. The predicted octanol–water partition coefficient (Wildman–Crippen LogP) is 0.685. The Morgan fingerprint density at radius 1 is 1.52 bits per heavy atom. The van der Waals surface area contributed by atoms with Gasteiger partial charge in [0, 0.05) is 6.04 Å². The number of rotatable bonds is 7. The number of H-pyrrole nitrogens is 1. The van der Waals surface area contributed by atoms with Crippen LogP contribution in [0.5, 0.6) is 0 Å². The number of aromatic amines is 1. The Hall–Kier alpha value is -1.93. The van der Waals surface area contributed by atoms with Crippen molar-refractivity contribution in [2.45, 2.75) is 46.1 Å². The zero-order valence-corrected chi connectivity index (χ0v) is 12.5. The van der Waals surface area contributed by atoms with Crippen molar-refractivity contribution in [1.29, 1.82) is 0 Å². The Morgan fingerprint density at radius 2 is 2.29 bits per heavy atom. The third kappa shape index (κ3) is 3.59. The molecule has 0 amide bonds. The number of nitrogens with one attached hydrogen (secondary N) is 2. The molecule has 0 aliphatic heterocycles. The Balaban J connectivity index is 2.28. The molecule has 1 atom stereocenters. The van der Waals surface area contributed by atoms with E-state index >= 15 is 0 Å². The van der Waals surface area contributed by atoms with E-state index in [2.05, 4.69) is 20.3 Å². The maximum absolute atomic E-state index is 12.0. The molecule has 0 aliphatic carbocycles. The van der Waals surface area contributed by atoms with E-state index in [0.29, 0.717) is 18.0 Å². The van der Waals surface area contributed by atoms with Gasteiger partial charge in [0.25, 0.3) is 5.56 Å². The number of nitrogens with zero attached hydrogens (tertiary/aromatic N) is 3. The SMILES string of the molecule is CCC(CO)OCn1cnc2c(=O)[nH]c(NC(C)C)nc21. The monoisotopic (exact) mass is 295 g/mol. The van der Waals surface area contributed by atoms with E-state index in [-0.39, 0.29) is 36.6 Å². The summed E-state index contributed by atoms with van der Waals surface area (Å²) >= 11 is 0. The van der Waals surface area contributed by atoms with E-state index in [1.165, 1.54) is 6.33 Å². The van der Waals surface area contributed by atoms with Gasteiger partial charge >= 0.3 is 0 Å². The summed E-state index contributed by atoms with van der Waals surface area (Å²) in [6, 6.07) is 0.150. The summed E-state index contributed by atoms with van der Waals surface area (Å²) in [6.45, 7) is 5.99. The minimum absolute atomic E-state index is 0.0443. The third-order valence-corrected chi connectivity index (χ3v) is 3.01. The van der Waals surface area contributed by atoms with Crippen LogP contribution in [0, 0.1) is 0 Å². The summed E-state index contributed by atoms with van der Waals surface area (Å²) in [5, 5.41) is 12.2. The van der Waals surface area contributed by atoms with Gasteiger partial charge in [0.15, 0.2) is 11.2 Å². The fourth-order valence-electron chi connectivity index (χ4n) is 1.88. The highest BCUT2D eigenvalue weighted by atomic mass is 16.5. The molecule has 0 spiro atoms. The first-order chi connectivity index (χ1) is 10.0. The smallest absolute Gasteiger partial charge is 0.280 e. The number of hydrogen-bond donors (Lipinski definition) is 3. The third-order valence-electron chi connectivity index (χ3n) is 3.01. The van der Waals surface area contributed by atoms with Crippen LogP contribution in [-0.4, -0.2) is 43.4 Å². The molecule has 0 fully saturated rings. The Morgan fingerprint density at radius 3 is 2.90 bits per heavy atom. The highest BCUT2D eigenvalue weighted by Gasteiger charge is 2.12. The lowest BCUT2D eigenvalue weighted by atomic mass is 10.3. The van der Waals surface area contributed by atoms with E-state index in [1.807, 2.05) is 20.8 Å². The van der Waals surface area contributed by atoms with Crippen molar-refractivity contribution in [3.63, 3.8) is 0 Å². The van der Waals surface area contributed by atoms with Gasteiger partial charge in [-0.2, -0.15) is 4.98 Å². The molecule has 0 aliphatic rings. The molecule has 0 aromatic carbocycles. The van der Waals surface area contributed by atoms with E-state index in [1.54, 1.807) is 4.57 Å². The molecule has 0 saturated carbocycles. The summed E-state index contributed by atoms with van der Waals surface area (Å²) in [5.74, 6) is 0.401. The van der Waals surface area contributed by atoms with Gasteiger partial charge in [-0.05, 0) is 20.3 Å². The van der Waals surface area contributed by atoms with E-state index in [0.717, 1.165) is 0 Å². The molecule has 116 valence electrons. The molecule has 8 nitrogen and oxygen atoms in total. The first kappa shape index (κ1) is 15.5. The highest BCUT2D eigenvalue weighted by Crippen LogP contribution is 2.10. The van der Waals surface area contributed by atoms with Crippen LogP contribution in [0.4, 0.5) is 5.95 Å². The second-order valence-electron chi connectivity index (χ2n) is 5.11. The number of ether oxygens (including phenoxy) is 1. The first-order valence-electron chi connectivity index (χ1n) is 6.99. The molecule has 1 unspecified atom stereocenters. The maximum atomic E-state index is 12.0. The van der Waals surface area contributed by atoms with Crippen LogP contribution in [0.15, 0.2) is 11.1 Å². The molecule has 3 N–H and O–H groups in total. The molecular formula is C13H21N5O3.